The molecule has 0 saturated heterocycles. The van der Waals surface area contributed by atoms with Crippen molar-refractivity contribution in [3.8, 4) is 5.69 Å². The first-order chi connectivity index (χ1) is 9.52. The number of thioether (sulfide) groups is 1. The molecular formula is C13H16N4O2S. The van der Waals surface area contributed by atoms with Crippen LogP contribution in [0.2, 0.25) is 0 Å². The first-order valence-electron chi connectivity index (χ1n) is 6.13. The summed E-state index contributed by atoms with van der Waals surface area (Å²) in [7, 11) is 1.37. The predicted molar refractivity (Wildman–Crippen MR) is 76.0 cm³/mol. The van der Waals surface area contributed by atoms with Crippen molar-refractivity contribution in [3.05, 3.63) is 29.3 Å². The van der Waals surface area contributed by atoms with Crippen LogP contribution >= 0.6 is 11.8 Å². The first kappa shape index (κ1) is 14.5. The molecule has 0 aliphatic heterocycles. The van der Waals surface area contributed by atoms with Gasteiger partial charge in [0, 0.05) is 0 Å². The highest BCUT2D eigenvalue weighted by atomic mass is 32.2. The van der Waals surface area contributed by atoms with Crippen LogP contribution in [0.1, 0.15) is 18.1 Å². The van der Waals surface area contributed by atoms with Gasteiger partial charge in [-0.15, -0.1) is 5.10 Å². The fourth-order valence-corrected chi connectivity index (χ4v) is 2.48. The minimum atomic E-state index is -0.365. The van der Waals surface area contributed by atoms with E-state index in [1.807, 2.05) is 32.0 Å². The molecule has 7 heteroatoms. The molecule has 0 aliphatic carbocycles. The van der Waals surface area contributed by atoms with E-state index in [2.05, 4.69) is 15.5 Å². The van der Waals surface area contributed by atoms with Crippen molar-refractivity contribution in [1.82, 2.24) is 20.2 Å². The fourth-order valence-electron chi connectivity index (χ4n) is 1.64. The predicted octanol–water partition coefficient (Wildman–Crippen LogP) is 1.93. The van der Waals surface area contributed by atoms with E-state index < -0.39 is 0 Å². The molecule has 0 fully saturated rings. The van der Waals surface area contributed by atoms with Gasteiger partial charge in [-0.1, -0.05) is 17.8 Å². The van der Waals surface area contributed by atoms with Gasteiger partial charge >= 0.3 is 5.97 Å². The average molecular weight is 292 g/mol. The van der Waals surface area contributed by atoms with Gasteiger partial charge in [-0.3, -0.25) is 4.79 Å². The quantitative estimate of drug-likeness (QED) is 0.633. The zero-order valence-corrected chi connectivity index (χ0v) is 12.6. The minimum Gasteiger partial charge on any atom is -0.468 e. The maximum Gasteiger partial charge on any atom is 0.318 e. The van der Waals surface area contributed by atoms with E-state index >= 15 is 0 Å². The molecule has 0 aliphatic rings. The van der Waals surface area contributed by atoms with Gasteiger partial charge in [-0.2, -0.15) is 4.68 Å². The van der Waals surface area contributed by atoms with Crippen LogP contribution < -0.4 is 0 Å². The van der Waals surface area contributed by atoms with E-state index in [0.29, 0.717) is 5.16 Å². The van der Waals surface area contributed by atoms with Crippen LogP contribution in [0, 0.1) is 13.8 Å². The Bertz CT molecular complexity index is 627. The van der Waals surface area contributed by atoms with Crippen molar-refractivity contribution in [3.63, 3.8) is 0 Å². The van der Waals surface area contributed by atoms with Crippen molar-refractivity contribution < 1.29 is 9.53 Å². The van der Waals surface area contributed by atoms with Crippen molar-refractivity contribution in [2.24, 2.45) is 0 Å². The van der Waals surface area contributed by atoms with E-state index in [1.165, 1.54) is 24.4 Å². The smallest absolute Gasteiger partial charge is 0.318 e. The highest BCUT2D eigenvalue weighted by molar-refractivity contribution is 8.00. The Morgan fingerprint density at radius 2 is 2.10 bits per heavy atom. The van der Waals surface area contributed by atoms with E-state index in [0.717, 1.165) is 11.3 Å². The number of hydrogen-bond donors (Lipinski definition) is 0. The van der Waals surface area contributed by atoms with Gasteiger partial charge < -0.3 is 4.74 Å². The number of benzene rings is 1. The highest BCUT2D eigenvalue weighted by Gasteiger charge is 2.19. The Hall–Kier alpha value is -1.89. The molecule has 0 spiro atoms. The highest BCUT2D eigenvalue weighted by Crippen LogP contribution is 2.24. The first-order valence-corrected chi connectivity index (χ1v) is 7.01. The molecule has 0 saturated carbocycles. The van der Waals surface area contributed by atoms with E-state index in [1.54, 1.807) is 11.6 Å². The minimum absolute atomic E-state index is 0.301. The van der Waals surface area contributed by atoms with Gasteiger partial charge in [-0.05, 0) is 54.5 Å². The van der Waals surface area contributed by atoms with Crippen molar-refractivity contribution in [1.29, 1.82) is 0 Å². The van der Waals surface area contributed by atoms with Crippen molar-refractivity contribution in [2.45, 2.75) is 31.2 Å². The number of methoxy groups -OCH3 is 1. The molecule has 0 radical (unpaired) electrons. The van der Waals surface area contributed by atoms with Gasteiger partial charge in [-0.25, -0.2) is 0 Å². The molecular weight excluding hydrogens is 276 g/mol. The number of aromatic nitrogens is 4. The third kappa shape index (κ3) is 2.98. The van der Waals surface area contributed by atoms with E-state index in [-0.39, 0.29) is 11.2 Å². The molecule has 1 aromatic heterocycles. The van der Waals surface area contributed by atoms with Crippen LogP contribution in [0.4, 0.5) is 0 Å². The average Bonchev–Trinajstić information content (AvgIpc) is 2.89. The molecule has 20 heavy (non-hydrogen) atoms. The van der Waals surface area contributed by atoms with Crippen LogP contribution in [-0.2, 0) is 9.53 Å². The standard InChI is InChI=1S/C13H16N4O2S/c1-8-5-6-11(7-9(8)2)17-13(14-15-16-17)20-10(3)12(18)19-4/h5-7,10H,1-4H3/t10-/m1/s1. The molecule has 1 heterocycles. The third-order valence-electron chi connectivity index (χ3n) is 2.99. The Morgan fingerprint density at radius 3 is 2.75 bits per heavy atom. The Labute approximate surface area is 121 Å². The number of hydrogen-bond acceptors (Lipinski definition) is 6. The Kier molecular flexibility index (Phi) is 4.39. The summed E-state index contributed by atoms with van der Waals surface area (Å²) in [5.74, 6) is -0.301. The number of nitrogens with zero attached hydrogens (tertiary/aromatic N) is 4. The summed E-state index contributed by atoms with van der Waals surface area (Å²) in [6.07, 6.45) is 0. The number of ether oxygens (including phenoxy) is 1. The molecule has 2 aromatic rings. The Morgan fingerprint density at radius 1 is 1.35 bits per heavy atom. The lowest BCUT2D eigenvalue weighted by molar-refractivity contribution is -0.139. The van der Waals surface area contributed by atoms with Crippen LogP contribution in [0.3, 0.4) is 0 Å². The second kappa shape index (κ2) is 6.04. The molecule has 6 nitrogen and oxygen atoms in total. The summed E-state index contributed by atoms with van der Waals surface area (Å²) in [5, 5.41) is 11.8. The number of rotatable bonds is 4. The second-order valence-corrected chi connectivity index (χ2v) is 5.73. The number of carbonyl (C=O) groups is 1. The topological polar surface area (TPSA) is 69.9 Å². The second-order valence-electron chi connectivity index (χ2n) is 4.43. The number of aryl methyl sites for hydroxylation is 2. The molecule has 1 aromatic carbocycles. The third-order valence-corrected chi connectivity index (χ3v) is 4.00. The number of carbonyl (C=O) groups excluding carboxylic acids is 1. The van der Waals surface area contributed by atoms with Gasteiger partial charge in [0.15, 0.2) is 0 Å². The molecule has 106 valence electrons. The monoisotopic (exact) mass is 292 g/mol. The summed E-state index contributed by atoms with van der Waals surface area (Å²) < 4.78 is 6.33. The molecule has 1 atom stereocenters. The SMILES string of the molecule is COC(=O)[C@@H](C)Sc1nnnn1-c1ccc(C)c(C)c1. The Balaban J connectivity index is 2.28. The summed E-state index contributed by atoms with van der Waals surface area (Å²) in [6.45, 7) is 5.84. The number of esters is 1. The summed E-state index contributed by atoms with van der Waals surface area (Å²) in [5.41, 5.74) is 3.24. The van der Waals surface area contributed by atoms with Gasteiger partial charge in [0.1, 0.15) is 5.25 Å². The van der Waals surface area contributed by atoms with Gasteiger partial charge in [0.05, 0.1) is 12.8 Å². The zero-order chi connectivity index (χ0) is 14.7. The van der Waals surface area contributed by atoms with Crippen molar-refractivity contribution in [2.75, 3.05) is 7.11 Å². The van der Waals surface area contributed by atoms with Crippen LogP contribution in [-0.4, -0.2) is 38.5 Å². The molecule has 2 rings (SSSR count). The van der Waals surface area contributed by atoms with Crippen LogP contribution in [0.25, 0.3) is 5.69 Å². The maximum atomic E-state index is 11.5. The zero-order valence-electron chi connectivity index (χ0n) is 11.8. The van der Waals surface area contributed by atoms with E-state index in [4.69, 9.17) is 4.74 Å². The lowest BCUT2D eigenvalue weighted by atomic mass is 10.1. The maximum absolute atomic E-state index is 11.5. The lowest BCUT2D eigenvalue weighted by Gasteiger charge is -2.09. The molecule has 0 N–H and O–H groups in total. The van der Waals surface area contributed by atoms with Gasteiger partial charge in [0.25, 0.3) is 0 Å². The normalized spacial score (nSPS) is 12.2. The summed E-state index contributed by atoms with van der Waals surface area (Å²) >= 11 is 1.27. The molecule has 0 amide bonds. The largest absolute Gasteiger partial charge is 0.468 e. The van der Waals surface area contributed by atoms with Gasteiger partial charge in [0.2, 0.25) is 5.16 Å². The summed E-state index contributed by atoms with van der Waals surface area (Å²) in [6, 6.07) is 5.98. The fraction of sp³-hybridized carbons (Fsp3) is 0.385. The van der Waals surface area contributed by atoms with Crippen molar-refractivity contribution >= 4 is 17.7 Å². The summed E-state index contributed by atoms with van der Waals surface area (Å²) in [4.78, 5) is 11.5. The number of tetrazole rings is 1. The molecule has 0 bridgehead atoms. The molecule has 0 unspecified atom stereocenters. The van der Waals surface area contributed by atoms with Crippen LogP contribution in [0.5, 0.6) is 0 Å². The lowest BCUT2D eigenvalue weighted by Crippen LogP contribution is -2.15. The van der Waals surface area contributed by atoms with E-state index in [9.17, 15) is 4.79 Å². The van der Waals surface area contributed by atoms with Crippen LogP contribution in [0.15, 0.2) is 23.4 Å².